The summed E-state index contributed by atoms with van der Waals surface area (Å²) in [6.45, 7) is 2.63. The van der Waals surface area contributed by atoms with E-state index in [1.807, 2.05) is 12.1 Å². The molecule has 0 aliphatic heterocycles. The molecule has 0 saturated heterocycles. The highest BCUT2D eigenvalue weighted by molar-refractivity contribution is 7.88. The molecule has 6 heteroatoms. The summed E-state index contributed by atoms with van der Waals surface area (Å²) >= 11 is 0. The smallest absolute Gasteiger partial charge is 0.208 e. The van der Waals surface area contributed by atoms with Crippen LogP contribution in [0.2, 0.25) is 0 Å². The molecule has 1 aromatic carbocycles. The molecular weight excluding hydrogens is 264 g/mol. The van der Waals surface area contributed by atoms with Gasteiger partial charge in [0.25, 0.3) is 0 Å². The van der Waals surface area contributed by atoms with Gasteiger partial charge in [-0.25, -0.2) is 13.1 Å². The molecule has 108 valence electrons. The zero-order valence-corrected chi connectivity index (χ0v) is 12.3. The van der Waals surface area contributed by atoms with Gasteiger partial charge < -0.3 is 10.1 Å². The second-order valence-electron chi connectivity index (χ2n) is 4.45. The van der Waals surface area contributed by atoms with Gasteiger partial charge in [0.1, 0.15) is 0 Å². The summed E-state index contributed by atoms with van der Waals surface area (Å²) in [5.74, 6) is 0. The molecule has 0 unspecified atom stereocenters. The Morgan fingerprint density at radius 3 is 2.63 bits per heavy atom. The predicted octanol–water partition coefficient (Wildman–Crippen LogP) is 0.862. The van der Waals surface area contributed by atoms with E-state index < -0.39 is 10.0 Å². The van der Waals surface area contributed by atoms with Crippen molar-refractivity contribution in [3.05, 3.63) is 35.4 Å². The molecular formula is C13H22N2O3S. The molecule has 1 rings (SSSR count). The normalized spacial score (nSPS) is 11.7. The number of methoxy groups -OCH3 is 1. The van der Waals surface area contributed by atoms with Crippen molar-refractivity contribution in [1.82, 2.24) is 10.0 Å². The third-order valence-corrected chi connectivity index (χ3v) is 3.25. The van der Waals surface area contributed by atoms with Crippen molar-refractivity contribution < 1.29 is 13.2 Å². The minimum absolute atomic E-state index is 0.468. The Hall–Kier alpha value is -0.950. The van der Waals surface area contributed by atoms with Gasteiger partial charge in [0.05, 0.1) is 12.9 Å². The first kappa shape index (κ1) is 16.1. The quantitative estimate of drug-likeness (QED) is 0.661. The lowest BCUT2D eigenvalue weighted by Gasteiger charge is -2.07. The van der Waals surface area contributed by atoms with Gasteiger partial charge in [-0.1, -0.05) is 24.3 Å². The van der Waals surface area contributed by atoms with E-state index in [2.05, 4.69) is 22.2 Å². The van der Waals surface area contributed by atoms with Crippen LogP contribution in [0.3, 0.4) is 0 Å². The predicted molar refractivity (Wildman–Crippen MR) is 76.3 cm³/mol. The lowest BCUT2D eigenvalue weighted by Crippen LogP contribution is -2.26. The Bertz CT molecular complexity index is 475. The van der Waals surface area contributed by atoms with Crippen LogP contribution < -0.4 is 10.0 Å². The summed E-state index contributed by atoms with van der Waals surface area (Å²) in [4.78, 5) is 0. The maximum absolute atomic E-state index is 10.8. The first-order valence-electron chi connectivity index (χ1n) is 6.23. The van der Waals surface area contributed by atoms with E-state index in [0.29, 0.717) is 13.2 Å². The number of benzene rings is 1. The third kappa shape index (κ3) is 7.94. The minimum Gasteiger partial charge on any atom is -0.380 e. The molecule has 0 aromatic heterocycles. The molecule has 0 radical (unpaired) electrons. The van der Waals surface area contributed by atoms with Gasteiger partial charge >= 0.3 is 0 Å². The van der Waals surface area contributed by atoms with Crippen LogP contribution in [-0.2, 0) is 27.9 Å². The van der Waals surface area contributed by atoms with Crippen molar-refractivity contribution in [3.8, 4) is 0 Å². The number of hydrogen-bond acceptors (Lipinski definition) is 4. The second-order valence-corrected chi connectivity index (χ2v) is 6.28. The highest BCUT2D eigenvalue weighted by atomic mass is 32.2. The van der Waals surface area contributed by atoms with Gasteiger partial charge in [-0.3, -0.25) is 0 Å². The molecule has 0 spiro atoms. The molecule has 5 nitrogen and oxygen atoms in total. The van der Waals surface area contributed by atoms with Crippen LogP contribution in [0.4, 0.5) is 0 Å². The summed E-state index contributed by atoms with van der Waals surface area (Å²) in [5, 5.41) is 3.28. The van der Waals surface area contributed by atoms with Gasteiger partial charge in [0, 0.05) is 20.2 Å². The summed E-state index contributed by atoms with van der Waals surface area (Å²) in [6.07, 6.45) is 1.94. The number of sulfonamides is 1. The van der Waals surface area contributed by atoms with Crippen molar-refractivity contribution >= 4 is 10.0 Å². The van der Waals surface area contributed by atoms with Gasteiger partial charge in [0.15, 0.2) is 0 Å². The fourth-order valence-corrected chi connectivity index (χ4v) is 2.21. The monoisotopic (exact) mass is 286 g/mol. The van der Waals surface area contributed by atoms with E-state index in [4.69, 9.17) is 4.74 Å². The van der Waals surface area contributed by atoms with Crippen LogP contribution >= 0.6 is 0 Å². The highest BCUT2D eigenvalue weighted by Gasteiger charge is 1.99. The average Bonchev–Trinajstić information content (AvgIpc) is 2.33. The van der Waals surface area contributed by atoms with Crippen molar-refractivity contribution in [2.45, 2.75) is 19.6 Å². The number of ether oxygens (including phenoxy) is 1. The van der Waals surface area contributed by atoms with E-state index in [1.165, 1.54) is 11.8 Å². The SMILES string of the molecule is COCc1cccc(CNCCCNS(C)(=O)=O)c1. The van der Waals surface area contributed by atoms with E-state index >= 15 is 0 Å². The van der Waals surface area contributed by atoms with Crippen LogP contribution in [0.1, 0.15) is 17.5 Å². The van der Waals surface area contributed by atoms with Crippen molar-refractivity contribution in [2.75, 3.05) is 26.5 Å². The second kappa shape index (κ2) is 8.27. The first-order chi connectivity index (χ1) is 9.01. The first-order valence-corrected chi connectivity index (χ1v) is 8.12. The maximum Gasteiger partial charge on any atom is 0.208 e. The molecule has 0 heterocycles. The fraction of sp³-hybridized carbons (Fsp3) is 0.538. The summed E-state index contributed by atoms with van der Waals surface area (Å²) in [6, 6.07) is 8.20. The Morgan fingerprint density at radius 1 is 1.21 bits per heavy atom. The summed E-state index contributed by atoms with van der Waals surface area (Å²) < 4.78 is 29.2. The van der Waals surface area contributed by atoms with Crippen molar-refractivity contribution in [3.63, 3.8) is 0 Å². The fourth-order valence-electron chi connectivity index (χ4n) is 1.70. The number of hydrogen-bond donors (Lipinski definition) is 2. The molecule has 0 aliphatic rings. The van der Waals surface area contributed by atoms with Gasteiger partial charge in [0.2, 0.25) is 10.0 Å². The largest absolute Gasteiger partial charge is 0.380 e. The Labute approximate surface area is 115 Å². The zero-order valence-electron chi connectivity index (χ0n) is 11.5. The molecule has 1 aromatic rings. The van der Waals surface area contributed by atoms with Gasteiger partial charge in [-0.15, -0.1) is 0 Å². The molecule has 0 bridgehead atoms. The lowest BCUT2D eigenvalue weighted by molar-refractivity contribution is 0.185. The zero-order chi connectivity index (χ0) is 14.1. The van der Waals surface area contributed by atoms with Crippen molar-refractivity contribution in [1.29, 1.82) is 0 Å². The van der Waals surface area contributed by atoms with Crippen LogP contribution in [0, 0.1) is 0 Å². The molecule has 0 amide bonds. The van der Waals surface area contributed by atoms with Crippen molar-refractivity contribution in [2.24, 2.45) is 0 Å². The molecule has 0 saturated carbocycles. The number of nitrogens with one attached hydrogen (secondary N) is 2. The van der Waals surface area contributed by atoms with Crippen LogP contribution in [-0.4, -0.2) is 34.9 Å². The van der Waals surface area contributed by atoms with Crippen LogP contribution in [0.25, 0.3) is 0 Å². The standard InChI is InChI=1S/C13H22N2O3S/c1-18-11-13-6-3-5-12(9-13)10-14-7-4-8-15-19(2,16)17/h3,5-6,9,14-15H,4,7-8,10-11H2,1-2H3. The van der Waals surface area contributed by atoms with Crippen LogP contribution in [0.15, 0.2) is 24.3 Å². The summed E-state index contributed by atoms with van der Waals surface area (Å²) in [7, 11) is -1.39. The average molecular weight is 286 g/mol. The van der Waals surface area contributed by atoms with Gasteiger partial charge in [-0.05, 0) is 24.1 Å². The Morgan fingerprint density at radius 2 is 1.95 bits per heavy atom. The molecule has 0 fully saturated rings. The molecule has 19 heavy (non-hydrogen) atoms. The Kier molecular flexibility index (Phi) is 7.01. The van der Waals surface area contributed by atoms with E-state index in [0.717, 1.165) is 25.1 Å². The minimum atomic E-state index is -3.07. The third-order valence-electron chi connectivity index (χ3n) is 2.53. The lowest BCUT2D eigenvalue weighted by atomic mass is 10.1. The molecule has 0 atom stereocenters. The Balaban J connectivity index is 2.20. The highest BCUT2D eigenvalue weighted by Crippen LogP contribution is 2.06. The van der Waals surface area contributed by atoms with Gasteiger partial charge in [-0.2, -0.15) is 0 Å². The maximum atomic E-state index is 10.8. The van der Waals surface area contributed by atoms with E-state index in [1.54, 1.807) is 7.11 Å². The van der Waals surface area contributed by atoms with E-state index in [9.17, 15) is 8.42 Å². The van der Waals surface area contributed by atoms with Crippen LogP contribution in [0.5, 0.6) is 0 Å². The topological polar surface area (TPSA) is 67.4 Å². The van der Waals surface area contributed by atoms with E-state index in [-0.39, 0.29) is 0 Å². The summed E-state index contributed by atoms with van der Waals surface area (Å²) in [5.41, 5.74) is 2.35. The molecule has 2 N–H and O–H groups in total. The molecule has 0 aliphatic carbocycles. The number of rotatable bonds is 9.